The van der Waals surface area contributed by atoms with Crippen molar-refractivity contribution in [3.63, 3.8) is 0 Å². The third kappa shape index (κ3) is 4.54. The van der Waals surface area contributed by atoms with Gasteiger partial charge in [-0.1, -0.05) is 29.8 Å². The number of aliphatic carboxylic acids is 1. The van der Waals surface area contributed by atoms with Gasteiger partial charge >= 0.3 is 5.97 Å². The van der Waals surface area contributed by atoms with E-state index in [1.807, 2.05) is 50.2 Å². The Balaban J connectivity index is 2.69. The third-order valence-electron chi connectivity index (χ3n) is 2.53. The smallest absolute Gasteiger partial charge is 0.325 e. The molecule has 0 aliphatic heterocycles. The summed E-state index contributed by atoms with van der Waals surface area (Å²) in [5, 5.41) is 12.3. The summed E-state index contributed by atoms with van der Waals surface area (Å²) in [7, 11) is 3.92. The molecule has 4 heteroatoms. The number of hydrogen-bond donors (Lipinski definition) is 2. The molecule has 1 unspecified atom stereocenters. The number of carbonyl (C=O) groups is 1. The van der Waals surface area contributed by atoms with Gasteiger partial charge in [0, 0.05) is 13.1 Å². The van der Waals surface area contributed by atoms with Gasteiger partial charge in [0.05, 0.1) is 0 Å². The van der Waals surface area contributed by atoms with Crippen LogP contribution in [-0.4, -0.2) is 43.2 Å². The van der Waals surface area contributed by atoms with E-state index in [1.165, 1.54) is 0 Å². The first-order valence-electron chi connectivity index (χ1n) is 5.68. The van der Waals surface area contributed by atoms with Crippen molar-refractivity contribution >= 4 is 5.97 Å². The second-order valence-corrected chi connectivity index (χ2v) is 4.44. The van der Waals surface area contributed by atoms with E-state index in [0.717, 1.165) is 17.7 Å². The van der Waals surface area contributed by atoms with E-state index in [2.05, 4.69) is 5.32 Å². The second kappa shape index (κ2) is 6.37. The van der Waals surface area contributed by atoms with Gasteiger partial charge in [0.1, 0.15) is 6.04 Å². The average Bonchev–Trinajstić information content (AvgIpc) is 2.23. The molecule has 0 saturated carbocycles. The van der Waals surface area contributed by atoms with Crippen molar-refractivity contribution in [3.8, 4) is 0 Å². The molecule has 0 radical (unpaired) electrons. The third-order valence-corrected chi connectivity index (χ3v) is 2.53. The Bertz CT molecular complexity index is 377. The van der Waals surface area contributed by atoms with Crippen LogP contribution in [0.5, 0.6) is 0 Å². The minimum absolute atomic E-state index is 0.630. The zero-order valence-corrected chi connectivity index (χ0v) is 10.6. The Kier molecular flexibility index (Phi) is 5.12. The molecule has 2 N–H and O–H groups in total. The van der Waals surface area contributed by atoms with Crippen molar-refractivity contribution in [2.45, 2.75) is 13.0 Å². The number of aryl methyl sites for hydroxylation is 1. The molecular weight excluding hydrogens is 216 g/mol. The zero-order chi connectivity index (χ0) is 12.8. The molecule has 1 rings (SSSR count). The van der Waals surface area contributed by atoms with Crippen LogP contribution in [0.1, 0.15) is 17.2 Å². The van der Waals surface area contributed by atoms with Gasteiger partial charge < -0.3 is 10.0 Å². The Labute approximate surface area is 102 Å². The number of carboxylic acid groups (broad SMARTS) is 1. The predicted molar refractivity (Wildman–Crippen MR) is 68.1 cm³/mol. The zero-order valence-electron chi connectivity index (χ0n) is 10.6. The van der Waals surface area contributed by atoms with Crippen molar-refractivity contribution in [1.29, 1.82) is 0 Å². The van der Waals surface area contributed by atoms with Crippen molar-refractivity contribution in [2.24, 2.45) is 0 Å². The van der Waals surface area contributed by atoms with Crippen molar-refractivity contribution in [3.05, 3.63) is 35.4 Å². The topological polar surface area (TPSA) is 52.6 Å². The summed E-state index contributed by atoms with van der Waals surface area (Å²) in [6.07, 6.45) is 0. The molecule has 94 valence electrons. The summed E-state index contributed by atoms with van der Waals surface area (Å²) < 4.78 is 0. The van der Waals surface area contributed by atoms with E-state index in [9.17, 15) is 9.90 Å². The molecule has 1 aromatic rings. The lowest BCUT2D eigenvalue weighted by atomic mass is 10.0. The maximum Gasteiger partial charge on any atom is 0.325 e. The number of carboxylic acids is 1. The maximum atomic E-state index is 11.2. The lowest BCUT2D eigenvalue weighted by Gasteiger charge is -2.17. The molecule has 0 bridgehead atoms. The van der Waals surface area contributed by atoms with Gasteiger partial charge in [-0.15, -0.1) is 0 Å². The van der Waals surface area contributed by atoms with Gasteiger partial charge in [0.15, 0.2) is 0 Å². The van der Waals surface area contributed by atoms with Crippen LogP contribution in [0.4, 0.5) is 0 Å². The molecule has 1 atom stereocenters. The second-order valence-electron chi connectivity index (χ2n) is 4.44. The van der Waals surface area contributed by atoms with Gasteiger partial charge in [-0.2, -0.15) is 0 Å². The van der Waals surface area contributed by atoms with Crippen molar-refractivity contribution in [1.82, 2.24) is 10.2 Å². The number of likely N-dealkylation sites (N-methyl/N-ethyl adjacent to an activating group) is 1. The van der Waals surface area contributed by atoms with Gasteiger partial charge in [-0.25, -0.2) is 0 Å². The summed E-state index contributed by atoms with van der Waals surface area (Å²) in [6, 6.07) is 6.96. The lowest BCUT2D eigenvalue weighted by Crippen LogP contribution is -2.33. The number of hydrogen-bond acceptors (Lipinski definition) is 3. The van der Waals surface area contributed by atoms with Crippen LogP contribution < -0.4 is 5.32 Å². The molecule has 0 heterocycles. The molecule has 17 heavy (non-hydrogen) atoms. The van der Waals surface area contributed by atoms with Crippen LogP contribution in [0.25, 0.3) is 0 Å². The Morgan fingerprint density at radius 1 is 1.47 bits per heavy atom. The maximum absolute atomic E-state index is 11.2. The minimum Gasteiger partial charge on any atom is -0.480 e. The van der Waals surface area contributed by atoms with Gasteiger partial charge in [0.2, 0.25) is 0 Å². The highest BCUT2D eigenvalue weighted by molar-refractivity contribution is 5.75. The molecule has 0 aliphatic carbocycles. The Hall–Kier alpha value is -1.39. The molecule has 1 aromatic carbocycles. The summed E-state index contributed by atoms with van der Waals surface area (Å²) in [5.41, 5.74) is 1.87. The van der Waals surface area contributed by atoms with E-state index >= 15 is 0 Å². The van der Waals surface area contributed by atoms with Crippen molar-refractivity contribution in [2.75, 3.05) is 27.2 Å². The number of benzene rings is 1. The molecule has 0 spiro atoms. The number of nitrogens with one attached hydrogen (secondary N) is 1. The lowest BCUT2D eigenvalue weighted by molar-refractivity contribution is -0.139. The van der Waals surface area contributed by atoms with E-state index in [1.54, 1.807) is 0 Å². The first kappa shape index (κ1) is 13.7. The Morgan fingerprint density at radius 2 is 2.18 bits per heavy atom. The Morgan fingerprint density at radius 3 is 2.71 bits per heavy atom. The van der Waals surface area contributed by atoms with Gasteiger partial charge in [0.25, 0.3) is 0 Å². The monoisotopic (exact) mass is 236 g/mol. The summed E-state index contributed by atoms with van der Waals surface area (Å²) >= 11 is 0. The van der Waals surface area contributed by atoms with Crippen LogP contribution in [0.3, 0.4) is 0 Å². The predicted octanol–water partition coefficient (Wildman–Crippen LogP) is 1.27. The fourth-order valence-corrected chi connectivity index (χ4v) is 1.63. The van der Waals surface area contributed by atoms with Gasteiger partial charge in [-0.05, 0) is 26.6 Å². The molecule has 0 saturated heterocycles. The fraction of sp³-hybridized carbons (Fsp3) is 0.462. The minimum atomic E-state index is -0.839. The van der Waals surface area contributed by atoms with Crippen LogP contribution in [0, 0.1) is 6.92 Å². The molecule has 0 aliphatic rings. The fourth-order valence-electron chi connectivity index (χ4n) is 1.63. The molecule has 0 fully saturated rings. The molecule has 0 amide bonds. The van der Waals surface area contributed by atoms with E-state index in [4.69, 9.17) is 0 Å². The quantitative estimate of drug-likeness (QED) is 0.781. The van der Waals surface area contributed by atoms with Crippen LogP contribution in [-0.2, 0) is 4.79 Å². The highest BCUT2D eigenvalue weighted by atomic mass is 16.4. The van der Waals surface area contributed by atoms with Crippen LogP contribution >= 0.6 is 0 Å². The summed E-state index contributed by atoms with van der Waals surface area (Å²) in [6.45, 7) is 3.43. The van der Waals surface area contributed by atoms with E-state index in [-0.39, 0.29) is 0 Å². The highest BCUT2D eigenvalue weighted by Gasteiger charge is 2.18. The standard InChI is InChI=1S/C13H20N2O2/c1-10-5-4-6-11(9-10)12(13(16)17)14-7-8-15(2)3/h4-6,9,12,14H,7-8H2,1-3H3,(H,16,17). The number of rotatable bonds is 6. The highest BCUT2D eigenvalue weighted by Crippen LogP contribution is 2.14. The first-order chi connectivity index (χ1) is 8.00. The van der Waals surface area contributed by atoms with Crippen LogP contribution in [0.15, 0.2) is 24.3 Å². The summed E-state index contributed by atoms with van der Waals surface area (Å²) in [5.74, 6) is -0.839. The molecular formula is C13H20N2O2. The van der Waals surface area contributed by atoms with Crippen LogP contribution in [0.2, 0.25) is 0 Å². The SMILES string of the molecule is Cc1cccc(C(NCCN(C)C)C(=O)O)c1. The molecule has 4 nitrogen and oxygen atoms in total. The number of nitrogens with zero attached hydrogens (tertiary/aromatic N) is 1. The van der Waals surface area contributed by atoms with Crippen molar-refractivity contribution < 1.29 is 9.90 Å². The van der Waals surface area contributed by atoms with Gasteiger partial charge in [-0.3, -0.25) is 10.1 Å². The summed E-state index contributed by atoms with van der Waals surface area (Å²) in [4.78, 5) is 13.2. The normalized spacial score (nSPS) is 12.7. The average molecular weight is 236 g/mol. The van der Waals surface area contributed by atoms with E-state index in [0.29, 0.717) is 6.54 Å². The molecule has 0 aromatic heterocycles. The van der Waals surface area contributed by atoms with E-state index < -0.39 is 12.0 Å². The largest absolute Gasteiger partial charge is 0.480 e. The first-order valence-corrected chi connectivity index (χ1v) is 5.68.